The van der Waals surface area contributed by atoms with Crippen molar-refractivity contribution < 1.29 is 31.8 Å². The van der Waals surface area contributed by atoms with Crippen LogP contribution in [-0.4, -0.2) is 38.5 Å². The van der Waals surface area contributed by atoms with Crippen molar-refractivity contribution in [3.63, 3.8) is 0 Å². The van der Waals surface area contributed by atoms with Crippen LogP contribution in [-0.2, 0) is 14.6 Å². The fourth-order valence-electron chi connectivity index (χ4n) is 1.38. The van der Waals surface area contributed by atoms with E-state index in [9.17, 15) is 22.0 Å². The van der Waals surface area contributed by atoms with Gasteiger partial charge in [-0.2, -0.15) is 0 Å². The van der Waals surface area contributed by atoms with E-state index in [0.29, 0.717) is 12.1 Å². The van der Waals surface area contributed by atoms with Crippen LogP contribution in [0.2, 0.25) is 0 Å². The zero-order valence-electron chi connectivity index (χ0n) is 10.2. The second-order valence-electron chi connectivity index (χ2n) is 3.90. The number of ether oxygens (including phenoxy) is 1. The van der Waals surface area contributed by atoms with Crippen LogP contribution in [0.5, 0.6) is 0 Å². The third kappa shape index (κ3) is 3.48. The Morgan fingerprint density at radius 1 is 1.42 bits per heavy atom. The van der Waals surface area contributed by atoms with Gasteiger partial charge in [0.05, 0.1) is 17.4 Å². The Hall–Kier alpha value is -1.54. The molecule has 1 aromatic carbocycles. The lowest BCUT2D eigenvalue weighted by Crippen LogP contribution is -2.21. The highest BCUT2D eigenvalue weighted by Crippen LogP contribution is 2.22. The number of rotatable bonds is 5. The van der Waals surface area contributed by atoms with E-state index in [0.717, 1.165) is 0 Å². The lowest BCUT2D eigenvalue weighted by atomic mass is 10.2. The molecular weight excluding hydrogens is 282 g/mol. The number of benzene rings is 1. The van der Waals surface area contributed by atoms with Crippen LogP contribution in [0, 0.1) is 11.6 Å². The molecular formula is C11H12F2O5S. The third-order valence-corrected chi connectivity index (χ3v) is 4.31. The van der Waals surface area contributed by atoms with Gasteiger partial charge in [0.15, 0.2) is 21.5 Å². The summed E-state index contributed by atoms with van der Waals surface area (Å²) < 4.78 is 55.2. The molecule has 0 fully saturated rings. The van der Waals surface area contributed by atoms with Crippen molar-refractivity contribution >= 4 is 15.8 Å². The molecule has 0 amide bonds. The van der Waals surface area contributed by atoms with Gasteiger partial charge in [-0.1, -0.05) is 0 Å². The van der Waals surface area contributed by atoms with E-state index >= 15 is 0 Å². The highest BCUT2D eigenvalue weighted by molar-refractivity contribution is 7.91. The van der Waals surface area contributed by atoms with E-state index in [1.165, 1.54) is 14.0 Å². The number of halogens is 2. The summed E-state index contributed by atoms with van der Waals surface area (Å²) in [4.78, 5) is 9.74. The van der Waals surface area contributed by atoms with Gasteiger partial charge in [0.25, 0.3) is 0 Å². The van der Waals surface area contributed by atoms with Crippen molar-refractivity contribution in [3.8, 4) is 0 Å². The van der Waals surface area contributed by atoms with Crippen LogP contribution < -0.4 is 0 Å². The molecule has 8 heteroatoms. The molecule has 1 atom stereocenters. The summed E-state index contributed by atoms with van der Waals surface area (Å²) in [6.07, 6.45) is -0.735. The minimum atomic E-state index is -4.18. The van der Waals surface area contributed by atoms with Crippen LogP contribution in [0.4, 0.5) is 8.78 Å². The topological polar surface area (TPSA) is 80.7 Å². The maximum atomic E-state index is 13.5. The molecule has 19 heavy (non-hydrogen) atoms. The molecule has 1 rings (SSSR count). The molecule has 0 aliphatic rings. The van der Waals surface area contributed by atoms with Gasteiger partial charge in [0.2, 0.25) is 0 Å². The molecule has 0 heterocycles. The Morgan fingerprint density at radius 3 is 2.47 bits per heavy atom. The Morgan fingerprint density at radius 2 is 2.00 bits per heavy atom. The number of carboxylic acids is 1. The van der Waals surface area contributed by atoms with Crippen LogP contribution in [0.3, 0.4) is 0 Å². The van der Waals surface area contributed by atoms with Gasteiger partial charge in [-0.25, -0.2) is 22.0 Å². The SMILES string of the molecule is COC(C)CS(=O)(=O)c1cc(C(=O)O)cc(F)c1F. The molecule has 106 valence electrons. The standard InChI is InChI=1S/C11H12F2O5S/c1-6(18-2)5-19(16,17)9-4-7(11(14)15)3-8(12)10(9)13/h3-4,6H,5H2,1-2H3,(H,14,15). The van der Waals surface area contributed by atoms with Crippen LogP contribution in [0.25, 0.3) is 0 Å². The largest absolute Gasteiger partial charge is 0.478 e. The first-order valence-electron chi connectivity index (χ1n) is 5.17. The van der Waals surface area contributed by atoms with Crippen LogP contribution in [0.1, 0.15) is 17.3 Å². The first-order chi connectivity index (χ1) is 8.69. The molecule has 0 aliphatic heterocycles. The van der Waals surface area contributed by atoms with Crippen molar-refractivity contribution in [1.82, 2.24) is 0 Å². The fourth-order valence-corrected chi connectivity index (χ4v) is 2.99. The smallest absolute Gasteiger partial charge is 0.335 e. The Kier molecular flexibility index (Phi) is 4.59. The molecule has 1 unspecified atom stereocenters. The molecule has 0 saturated heterocycles. The number of carboxylic acid groups (broad SMARTS) is 1. The van der Waals surface area contributed by atoms with E-state index < -0.39 is 49.8 Å². The molecule has 0 aromatic heterocycles. The van der Waals surface area contributed by atoms with Crippen molar-refractivity contribution in [2.75, 3.05) is 12.9 Å². The number of aromatic carboxylic acids is 1. The Balaban J connectivity index is 3.37. The van der Waals surface area contributed by atoms with Gasteiger partial charge >= 0.3 is 5.97 Å². The summed E-state index contributed by atoms with van der Waals surface area (Å²) >= 11 is 0. The number of methoxy groups -OCH3 is 1. The zero-order valence-corrected chi connectivity index (χ0v) is 11.0. The number of hydrogen-bond donors (Lipinski definition) is 1. The number of carbonyl (C=O) groups is 1. The third-order valence-electron chi connectivity index (χ3n) is 2.43. The van der Waals surface area contributed by atoms with Gasteiger partial charge in [0, 0.05) is 7.11 Å². The van der Waals surface area contributed by atoms with E-state index in [2.05, 4.69) is 0 Å². The molecule has 5 nitrogen and oxygen atoms in total. The van der Waals surface area contributed by atoms with Crippen molar-refractivity contribution in [2.45, 2.75) is 17.9 Å². The summed E-state index contributed by atoms with van der Waals surface area (Å²) in [5.74, 6) is -5.24. The molecule has 1 aromatic rings. The van der Waals surface area contributed by atoms with Gasteiger partial charge < -0.3 is 9.84 Å². The molecule has 0 saturated carbocycles. The monoisotopic (exact) mass is 294 g/mol. The van der Waals surface area contributed by atoms with Gasteiger partial charge in [0.1, 0.15) is 4.90 Å². The summed E-state index contributed by atoms with van der Waals surface area (Å²) in [6.45, 7) is 1.44. The van der Waals surface area contributed by atoms with E-state index in [1.807, 2.05) is 0 Å². The zero-order chi connectivity index (χ0) is 14.8. The Labute approximate surface area is 108 Å². The molecule has 0 spiro atoms. The van der Waals surface area contributed by atoms with Crippen LogP contribution in [0.15, 0.2) is 17.0 Å². The maximum Gasteiger partial charge on any atom is 0.335 e. The number of hydrogen-bond acceptors (Lipinski definition) is 4. The first-order valence-corrected chi connectivity index (χ1v) is 6.82. The summed E-state index contributed by atoms with van der Waals surface area (Å²) in [5.41, 5.74) is -0.637. The first kappa shape index (κ1) is 15.5. The molecule has 0 aliphatic carbocycles. The second-order valence-corrected chi connectivity index (χ2v) is 5.91. The summed E-state index contributed by atoms with van der Waals surface area (Å²) in [6, 6.07) is 1.02. The Bertz CT molecular complexity index is 597. The molecule has 1 N–H and O–H groups in total. The lowest BCUT2D eigenvalue weighted by molar-refractivity contribution is 0.0696. The average molecular weight is 294 g/mol. The minimum absolute atomic E-state index is 0.427. The number of sulfone groups is 1. The average Bonchev–Trinajstić information content (AvgIpc) is 2.31. The van der Waals surface area contributed by atoms with Crippen molar-refractivity contribution in [3.05, 3.63) is 29.3 Å². The van der Waals surface area contributed by atoms with E-state index in [4.69, 9.17) is 9.84 Å². The predicted molar refractivity (Wildman–Crippen MR) is 61.8 cm³/mol. The molecule has 0 radical (unpaired) electrons. The molecule has 0 bridgehead atoms. The predicted octanol–water partition coefficient (Wildman–Crippen LogP) is 1.47. The van der Waals surface area contributed by atoms with Crippen molar-refractivity contribution in [2.24, 2.45) is 0 Å². The van der Waals surface area contributed by atoms with Crippen molar-refractivity contribution in [1.29, 1.82) is 0 Å². The minimum Gasteiger partial charge on any atom is -0.478 e. The van der Waals surface area contributed by atoms with E-state index in [1.54, 1.807) is 0 Å². The highest BCUT2D eigenvalue weighted by atomic mass is 32.2. The van der Waals surface area contributed by atoms with Gasteiger partial charge in [-0.05, 0) is 19.1 Å². The normalized spacial score (nSPS) is 13.3. The maximum absolute atomic E-state index is 13.5. The summed E-state index contributed by atoms with van der Waals surface area (Å²) in [5, 5.41) is 8.71. The van der Waals surface area contributed by atoms with Crippen LogP contribution >= 0.6 is 0 Å². The highest BCUT2D eigenvalue weighted by Gasteiger charge is 2.26. The lowest BCUT2D eigenvalue weighted by Gasteiger charge is -2.11. The summed E-state index contributed by atoms with van der Waals surface area (Å²) in [7, 11) is -2.92. The van der Waals surface area contributed by atoms with Gasteiger partial charge in [-0.15, -0.1) is 0 Å². The second kappa shape index (κ2) is 5.62. The fraction of sp³-hybridized carbons (Fsp3) is 0.364. The van der Waals surface area contributed by atoms with E-state index in [-0.39, 0.29) is 0 Å². The van der Waals surface area contributed by atoms with Gasteiger partial charge in [-0.3, -0.25) is 0 Å². The quantitative estimate of drug-likeness (QED) is 0.889.